The minimum absolute atomic E-state index is 0.128. The topological polar surface area (TPSA) is 138 Å². The molecule has 3 heterocycles. The first-order chi connectivity index (χ1) is 18.4. The first kappa shape index (κ1) is 28.3. The number of carbonyl (C=O) groups is 3. The molecular formula is C28H33N5O5S. The van der Waals surface area contributed by atoms with Crippen molar-refractivity contribution >= 4 is 38.5 Å². The number of nitrogens with zero attached hydrogens (tertiary/aromatic N) is 3. The van der Waals surface area contributed by atoms with Crippen LogP contribution in [0.3, 0.4) is 0 Å². The quantitative estimate of drug-likeness (QED) is 0.460. The van der Waals surface area contributed by atoms with E-state index < -0.39 is 39.7 Å². The maximum absolute atomic E-state index is 13.4. The molecule has 1 unspecified atom stereocenters. The highest BCUT2D eigenvalue weighted by Gasteiger charge is 2.35. The summed E-state index contributed by atoms with van der Waals surface area (Å²) < 4.78 is 27.1. The molecule has 3 aromatic rings. The summed E-state index contributed by atoms with van der Waals surface area (Å²) in [6.07, 6.45) is 3.83. The Morgan fingerprint density at radius 2 is 1.85 bits per heavy atom. The lowest BCUT2D eigenvalue weighted by molar-refractivity contribution is -0.129. The van der Waals surface area contributed by atoms with Gasteiger partial charge >= 0.3 is 0 Å². The molecule has 1 aliphatic rings. The molecule has 2 atom stereocenters. The Balaban J connectivity index is 1.47. The highest BCUT2D eigenvalue weighted by Crippen LogP contribution is 2.23. The van der Waals surface area contributed by atoms with E-state index in [0.717, 1.165) is 15.2 Å². The van der Waals surface area contributed by atoms with Crippen molar-refractivity contribution in [1.29, 1.82) is 0 Å². The second-order valence-corrected chi connectivity index (χ2v) is 12.8. The van der Waals surface area contributed by atoms with Crippen molar-refractivity contribution in [3.63, 3.8) is 0 Å². The Hall–Kier alpha value is -3.70. The van der Waals surface area contributed by atoms with E-state index in [9.17, 15) is 22.8 Å². The van der Waals surface area contributed by atoms with Crippen molar-refractivity contribution in [2.24, 2.45) is 5.41 Å². The number of benzene rings is 1. The third-order valence-electron chi connectivity index (χ3n) is 6.47. The van der Waals surface area contributed by atoms with Gasteiger partial charge in [0.25, 0.3) is 15.9 Å². The predicted molar refractivity (Wildman–Crippen MR) is 146 cm³/mol. The number of hydrogen-bond acceptors (Lipinski definition) is 7. The lowest BCUT2D eigenvalue weighted by atomic mass is 9.87. The zero-order valence-electron chi connectivity index (χ0n) is 22.3. The third kappa shape index (κ3) is 7.04. The van der Waals surface area contributed by atoms with Gasteiger partial charge in [-0.3, -0.25) is 19.4 Å². The standard InChI is InChI=1S/C28H33N5O5S/c1-28(2,3)16-23(32-26(35)20-15-19-9-4-5-10-21(19)30-17-20)27(36)31-22-11-8-14-33(18-24(22)34)39(37,38)25-12-6-7-13-29-25/h4-7,9-10,12-13,15,17,22-23H,8,11,14,16,18H2,1-3H3,(H,31,36)(H,32,35)/t22?,23-/m0/s1. The summed E-state index contributed by atoms with van der Waals surface area (Å²) in [6.45, 7) is 5.62. The summed E-state index contributed by atoms with van der Waals surface area (Å²) in [6, 6.07) is 11.9. The van der Waals surface area contributed by atoms with Gasteiger partial charge in [0, 0.05) is 24.3 Å². The molecule has 0 aliphatic carbocycles. The Morgan fingerprint density at radius 1 is 1.10 bits per heavy atom. The molecule has 0 bridgehead atoms. The van der Waals surface area contributed by atoms with Crippen LogP contribution in [0.4, 0.5) is 0 Å². The fraction of sp³-hybridized carbons (Fsp3) is 0.393. The number of nitrogens with one attached hydrogen (secondary N) is 2. The molecule has 206 valence electrons. The highest BCUT2D eigenvalue weighted by molar-refractivity contribution is 7.89. The van der Waals surface area contributed by atoms with E-state index in [4.69, 9.17) is 0 Å². The molecular weight excluding hydrogens is 518 g/mol. The molecule has 0 saturated carbocycles. The van der Waals surface area contributed by atoms with Crippen molar-refractivity contribution in [1.82, 2.24) is 24.9 Å². The van der Waals surface area contributed by atoms with Crippen LogP contribution in [0, 0.1) is 5.41 Å². The number of ketones is 1. The Kier molecular flexibility index (Phi) is 8.41. The van der Waals surface area contributed by atoms with Gasteiger partial charge in [-0.25, -0.2) is 13.4 Å². The molecule has 1 saturated heterocycles. The van der Waals surface area contributed by atoms with Crippen molar-refractivity contribution in [2.45, 2.75) is 57.1 Å². The minimum atomic E-state index is -3.95. The summed E-state index contributed by atoms with van der Waals surface area (Å²) in [5.41, 5.74) is 0.767. The van der Waals surface area contributed by atoms with Gasteiger partial charge in [-0.2, -0.15) is 4.31 Å². The van der Waals surface area contributed by atoms with E-state index in [2.05, 4.69) is 20.6 Å². The molecule has 1 aromatic carbocycles. The van der Waals surface area contributed by atoms with Crippen LogP contribution in [0.25, 0.3) is 10.9 Å². The van der Waals surface area contributed by atoms with Crippen molar-refractivity contribution in [3.05, 3.63) is 66.5 Å². The van der Waals surface area contributed by atoms with Crippen LogP contribution < -0.4 is 10.6 Å². The average molecular weight is 552 g/mol. The van der Waals surface area contributed by atoms with Crippen LogP contribution in [0.1, 0.15) is 50.4 Å². The summed E-state index contributed by atoms with van der Waals surface area (Å²) in [5, 5.41) is 6.26. The number of pyridine rings is 2. The van der Waals surface area contributed by atoms with Crippen molar-refractivity contribution < 1.29 is 22.8 Å². The van der Waals surface area contributed by atoms with Crippen LogP contribution >= 0.6 is 0 Å². The molecule has 4 rings (SSSR count). The fourth-order valence-corrected chi connectivity index (χ4v) is 5.89. The monoisotopic (exact) mass is 551 g/mol. The van der Waals surface area contributed by atoms with E-state index in [0.29, 0.717) is 18.4 Å². The second-order valence-electron chi connectivity index (χ2n) is 10.9. The van der Waals surface area contributed by atoms with Crippen LogP contribution in [0.15, 0.2) is 66.0 Å². The van der Waals surface area contributed by atoms with Gasteiger partial charge in [-0.1, -0.05) is 45.0 Å². The molecule has 2 amide bonds. The van der Waals surface area contributed by atoms with E-state index >= 15 is 0 Å². The minimum Gasteiger partial charge on any atom is -0.344 e. The largest absolute Gasteiger partial charge is 0.344 e. The van der Waals surface area contributed by atoms with E-state index in [1.165, 1.54) is 18.5 Å². The number of para-hydroxylation sites is 1. The summed E-state index contributed by atoms with van der Waals surface area (Å²) in [5.74, 6) is -1.36. The fourth-order valence-electron chi connectivity index (χ4n) is 4.52. The number of amides is 2. The molecule has 10 nitrogen and oxygen atoms in total. The van der Waals surface area contributed by atoms with Gasteiger partial charge in [0.1, 0.15) is 6.04 Å². The van der Waals surface area contributed by atoms with E-state index in [-0.39, 0.29) is 30.0 Å². The molecule has 11 heteroatoms. The number of fused-ring (bicyclic) bond motifs is 1. The molecule has 39 heavy (non-hydrogen) atoms. The first-order valence-electron chi connectivity index (χ1n) is 12.8. The average Bonchev–Trinajstić information content (AvgIpc) is 3.09. The first-order valence-corrected chi connectivity index (χ1v) is 14.3. The van der Waals surface area contributed by atoms with E-state index in [1.54, 1.807) is 18.2 Å². The molecule has 2 aromatic heterocycles. The summed E-state index contributed by atoms with van der Waals surface area (Å²) in [4.78, 5) is 47.8. The SMILES string of the molecule is CC(C)(C)C[C@H](NC(=O)c1cnc2ccccc2c1)C(=O)NC1CCCN(S(=O)(=O)c2ccccn2)CC1=O. The van der Waals surface area contributed by atoms with Gasteiger partial charge < -0.3 is 10.6 Å². The molecule has 1 aliphatic heterocycles. The van der Waals surface area contributed by atoms with Crippen molar-refractivity contribution in [2.75, 3.05) is 13.1 Å². The molecule has 0 radical (unpaired) electrons. The lowest BCUT2D eigenvalue weighted by Gasteiger charge is -2.27. The van der Waals surface area contributed by atoms with Crippen LogP contribution in [0.2, 0.25) is 0 Å². The van der Waals surface area contributed by atoms with E-state index in [1.807, 2.05) is 45.0 Å². The maximum Gasteiger partial charge on any atom is 0.260 e. The van der Waals surface area contributed by atoms with Gasteiger partial charge in [-0.05, 0) is 48.9 Å². The molecule has 1 fully saturated rings. The molecule has 0 spiro atoms. The normalized spacial score (nSPS) is 17.8. The Labute approximate surface area is 228 Å². The Morgan fingerprint density at radius 3 is 2.56 bits per heavy atom. The second kappa shape index (κ2) is 11.6. The number of rotatable bonds is 7. The Bertz CT molecular complexity index is 1470. The summed E-state index contributed by atoms with van der Waals surface area (Å²) in [7, 11) is -3.95. The number of aromatic nitrogens is 2. The number of sulfonamides is 1. The molecule has 2 N–H and O–H groups in total. The predicted octanol–water partition coefficient (Wildman–Crippen LogP) is 2.70. The number of hydrogen-bond donors (Lipinski definition) is 2. The lowest BCUT2D eigenvalue weighted by Crippen LogP contribution is -2.53. The highest BCUT2D eigenvalue weighted by atomic mass is 32.2. The van der Waals surface area contributed by atoms with Crippen LogP contribution in [0.5, 0.6) is 0 Å². The maximum atomic E-state index is 13.4. The number of Topliss-reactive ketones (excluding diaryl/α,β-unsaturated/α-hetero) is 1. The van der Waals surface area contributed by atoms with Crippen LogP contribution in [-0.4, -0.2) is 65.5 Å². The smallest absolute Gasteiger partial charge is 0.260 e. The number of carbonyl (C=O) groups excluding carboxylic acids is 3. The zero-order valence-corrected chi connectivity index (χ0v) is 23.1. The van der Waals surface area contributed by atoms with Crippen molar-refractivity contribution in [3.8, 4) is 0 Å². The van der Waals surface area contributed by atoms with Gasteiger partial charge in [-0.15, -0.1) is 0 Å². The third-order valence-corrected chi connectivity index (χ3v) is 8.23. The van der Waals surface area contributed by atoms with Gasteiger partial charge in [0.2, 0.25) is 5.91 Å². The zero-order chi connectivity index (χ0) is 28.2. The van der Waals surface area contributed by atoms with Crippen LogP contribution in [-0.2, 0) is 19.6 Å². The summed E-state index contributed by atoms with van der Waals surface area (Å²) >= 11 is 0. The van der Waals surface area contributed by atoms with Gasteiger partial charge in [0.15, 0.2) is 10.8 Å². The van der Waals surface area contributed by atoms with Gasteiger partial charge in [0.05, 0.1) is 23.7 Å².